The first-order valence-electron chi connectivity index (χ1n) is 9.06. The van der Waals surface area contributed by atoms with E-state index >= 15 is 0 Å². The Balaban J connectivity index is 1.57. The van der Waals surface area contributed by atoms with Gasteiger partial charge >= 0.3 is 0 Å². The standard InChI is InChI=1S/C20H17ClN6O3S/c1-11-17(24-26-27(11)14-8-9-15(29-2)16(10-14)30-3)18-22-20(31-25-18)23-19(28)12-4-6-13(21)7-5-12/h4-10H,1-3H3,(H,22,23,25,28). The predicted octanol–water partition coefficient (Wildman–Crippen LogP) is 4.02. The molecule has 0 spiro atoms. The van der Waals surface area contributed by atoms with E-state index in [1.165, 1.54) is 0 Å². The topological polar surface area (TPSA) is 104 Å². The van der Waals surface area contributed by atoms with Gasteiger partial charge in [0.1, 0.15) is 0 Å². The van der Waals surface area contributed by atoms with Crippen LogP contribution in [0, 0.1) is 6.92 Å². The summed E-state index contributed by atoms with van der Waals surface area (Å²) in [4.78, 5) is 16.8. The van der Waals surface area contributed by atoms with Crippen LogP contribution in [0.4, 0.5) is 5.13 Å². The van der Waals surface area contributed by atoms with E-state index < -0.39 is 0 Å². The number of halogens is 1. The smallest absolute Gasteiger partial charge is 0.257 e. The number of benzene rings is 2. The van der Waals surface area contributed by atoms with Crippen LogP contribution in [0.1, 0.15) is 16.1 Å². The lowest BCUT2D eigenvalue weighted by atomic mass is 10.2. The highest BCUT2D eigenvalue weighted by Gasteiger charge is 2.18. The van der Waals surface area contributed by atoms with Crippen molar-refractivity contribution in [2.75, 3.05) is 19.5 Å². The largest absolute Gasteiger partial charge is 0.493 e. The van der Waals surface area contributed by atoms with Crippen LogP contribution in [0.5, 0.6) is 11.5 Å². The van der Waals surface area contributed by atoms with Gasteiger partial charge in [0.2, 0.25) is 5.13 Å². The minimum absolute atomic E-state index is 0.301. The van der Waals surface area contributed by atoms with Gasteiger partial charge in [-0.05, 0) is 43.3 Å². The summed E-state index contributed by atoms with van der Waals surface area (Å²) in [6.45, 7) is 1.86. The molecule has 31 heavy (non-hydrogen) atoms. The van der Waals surface area contributed by atoms with Gasteiger partial charge in [-0.15, -0.1) is 5.10 Å². The summed E-state index contributed by atoms with van der Waals surface area (Å²) in [7, 11) is 3.15. The van der Waals surface area contributed by atoms with Gasteiger partial charge in [-0.2, -0.15) is 9.36 Å². The number of nitrogens with zero attached hydrogens (tertiary/aromatic N) is 5. The third-order valence-corrected chi connectivity index (χ3v) is 5.35. The minimum atomic E-state index is -0.301. The van der Waals surface area contributed by atoms with E-state index in [2.05, 4.69) is 25.0 Å². The molecule has 158 valence electrons. The molecular formula is C20H17ClN6O3S. The SMILES string of the molecule is COc1ccc(-n2nnc(-c3nsc(NC(=O)c4ccc(Cl)cc4)n3)c2C)cc1OC. The molecule has 1 amide bonds. The van der Waals surface area contributed by atoms with Gasteiger partial charge in [-0.3, -0.25) is 10.1 Å². The molecule has 0 aliphatic carbocycles. The van der Waals surface area contributed by atoms with Crippen molar-refractivity contribution in [3.05, 3.63) is 58.7 Å². The van der Waals surface area contributed by atoms with Crippen LogP contribution in [-0.4, -0.2) is 44.5 Å². The van der Waals surface area contributed by atoms with Crippen LogP contribution in [0.15, 0.2) is 42.5 Å². The second kappa shape index (κ2) is 8.70. The van der Waals surface area contributed by atoms with E-state index in [4.69, 9.17) is 21.1 Å². The molecule has 0 radical (unpaired) electrons. The van der Waals surface area contributed by atoms with E-state index in [0.717, 1.165) is 22.9 Å². The number of hydrogen-bond acceptors (Lipinski definition) is 8. The van der Waals surface area contributed by atoms with Crippen molar-refractivity contribution in [2.45, 2.75) is 6.92 Å². The van der Waals surface area contributed by atoms with E-state index in [1.54, 1.807) is 55.3 Å². The van der Waals surface area contributed by atoms with E-state index in [0.29, 0.717) is 38.7 Å². The van der Waals surface area contributed by atoms with Crippen molar-refractivity contribution >= 4 is 34.2 Å². The fourth-order valence-electron chi connectivity index (χ4n) is 2.88. The molecule has 2 aromatic carbocycles. The fourth-order valence-corrected chi connectivity index (χ4v) is 3.57. The molecule has 4 rings (SSSR count). The third kappa shape index (κ3) is 4.21. The van der Waals surface area contributed by atoms with Crippen molar-refractivity contribution < 1.29 is 14.3 Å². The normalized spacial score (nSPS) is 10.7. The number of ether oxygens (including phenoxy) is 2. The Labute approximate surface area is 186 Å². The van der Waals surface area contributed by atoms with Gasteiger partial charge in [-0.1, -0.05) is 16.8 Å². The molecule has 0 atom stereocenters. The number of aromatic nitrogens is 5. The Morgan fingerprint density at radius 2 is 1.84 bits per heavy atom. The number of amides is 1. The second-order valence-corrected chi connectivity index (χ2v) is 7.55. The zero-order chi connectivity index (χ0) is 22.0. The summed E-state index contributed by atoms with van der Waals surface area (Å²) < 4.78 is 16.6. The van der Waals surface area contributed by atoms with Crippen molar-refractivity contribution in [1.82, 2.24) is 24.4 Å². The molecule has 0 unspecified atom stereocenters. The molecular weight excluding hydrogens is 440 g/mol. The van der Waals surface area contributed by atoms with Gasteiger partial charge in [0.15, 0.2) is 23.0 Å². The third-order valence-electron chi connectivity index (χ3n) is 4.47. The first-order valence-corrected chi connectivity index (χ1v) is 10.2. The number of anilines is 1. The molecule has 0 saturated heterocycles. The Hall–Kier alpha value is -3.50. The summed E-state index contributed by atoms with van der Waals surface area (Å²) in [6, 6.07) is 12.0. The maximum atomic E-state index is 12.4. The van der Waals surface area contributed by atoms with Crippen LogP contribution < -0.4 is 14.8 Å². The lowest BCUT2D eigenvalue weighted by Crippen LogP contribution is -2.11. The Kier molecular flexibility index (Phi) is 5.83. The van der Waals surface area contributed by atoms with Crippen LogP contribution in [0.3, 0.4) is 0 Å². The molecule has 2 aromatic heterocycles. The molecule has 0 saturated carbocycles. The average molecular weight is 457 g/mol. The van der Waals surface area contributed by atoms with E-state index in [-0.39, 0.29) is 5.91 Å². The number of rotatable bonds is 6. The van der Waals surface area contributed by atoms with E-state index in [1.807, 2.05) is 13.0 Å². The van der Waals surface area contributed by atoms with Crippen LogP contribution >= 0.6 is 23.1 Å². The second-order valence-electron chi connectivity index (χ2n) is 6.36. The molecule has 1 N–H and O–H groups in total. The summed E-state index contributed by atoms with van der Waals surface area (Å²) in [6.07, 6.45) is 0. The van der Waals surface area contributed by atoms with Crippen molar-refractivity contribution in [1.29, 1.82) is 0 Å². The lowest BCUT2D eigenvalue weighted by Gasteiger charge is -2.10. The van der Waals surface area contributed by atoms with Crippen LogP contribution in [-0.2, 0) is 0 Å². The van der Waals surface area contributed by atoms with Gasteiger partial charge in [0, 0.05) is 28.2 Å². The number of carbonyl (C=O) groups is 1. The highest BCUT2D eigenvalue weighted by molar-refractivity contribution is 7.10. The zero-order valence-electron chi connectivity index (χ0n) is 16.8. The average Bonchev–Trinajstić information content (AvgIpc) is 3.39. The fraction of sp³-hybridized carbons (Fsp3) is 0.150. The number of nitrogens with one attached hydrogen (secondary N) is 1. The molecule has 0 aliphatic rings. The molecule has 0 bridgehead atoms. The number of hydrogen-bond donors (Lipinski definition) is 1. The predicted molar refractivity (Wildman–Crippen MR) is 118 cm³/mol. The Morgan fingerprint density at radius 1 is 1.10 bits per heavy atom. The molecule has 9 nitrogen and oxygen atoms in total. The van der Waals surface area contributed by atoms with Crippen molar-refractivity contribution in [2.24, 2.45) is 0 Å². The van der Waals surface area contributed by atoms with Crippen molar-refractivity contribution in [3.63, 3.8) is 0 Å². The molecule has 11 heteroatoms. The molecule has 2 heterocycles. The monoisotopic (exact) mass is 456 g/mol. The first kappa shape index (κ1) is 20.8. The van der Waals surface area contributed by atoms with Crippen LogP contribution in [0.25, 0.3) is 17.2 Å². The van der Waals surface area contributed by atoms with Gasteiger partial charge in [0.25, 0.3) is 5.91 Å². The highest BCUT2D eigenvalue weighted by Crippen LogP contribution is 2.30. The summed E-state index contributed by atoms with van der Waals surface area (Å²) in [5.74, 6) is 1.27. The highest BCUT2D eigenvalue weighted by atomic mass is 35.5. The quantitative estimate of drug-likeness (QED) is 0.467. The Bertz CT molecular complexity index is 1240. The number of methoxy groups -OCH3 is 2. The van der Waals surface area contributed by atoms with Gasteiger partial charge < -0.3 is 9.47 Å². The summed E-state index contributed by atoms with van der Waals surface area (Å²) in [5.41, 5.74) is 2.47. The maximum absolute atomic E-state index is 12.4. The summed E-state index contributed by atoms with van der Waals surface area (Å²) in [5, 5.41) is 12.1. The molecule has 0 fully saturated rings. The maximum Gasteiger partial charge on any atom is 0.257 e. The summed E-state index contributed by atoms with van der Waals surface area (Å²) >= 11 is 6.92. The first-order chi connectivity index (χ1) is 15.0. The number of carbonyl (C=O) groups excluding carboxylic acids is 1. The van der Waals surface area contributed by atoms with Gasteiger partial charge in [0.05, 0.1) is 25.6 Å². The molecule has 4 aromatic rings. The zero-order valence-corrected chi connectivity index (χ0v) is 18.4. The van der Waals surface area contributed by atoms with Crippen LogP contribution in [0.2, 0.25) is 5.02 Å². The minimum Gasteiger partial charge on any atom is -0.493 e. The van der Waals surface area contributed by atoms with E-state index in [9.17, 15) is 4.79 Å². The van der Waals surface area contributed by atoms with Gasteiger partial charge in [-0.25, -0.2) is 4.68 Å². The Morgan fingerprint density at radius 3 is 2.55 bits per heavy atom. The molecule has 0 aliphatic heterocycles. The van der Waals surface area contributed by atoms with Crippen molar-refractivity contribution in [3.8, 4) is 28.7 Å². The lowest BCUT2D eigenvalue weighted by molar-refractivity contribution is 0.102.